The number of carbonyl (C=O) groups is 1. The highest BCUT2D eigenvalue weighted by molar-refractivity contribution is 6.33. The number of amides is 1. The van der Waals surface area contributed by atoms with Crippen LogP contribution in [-0.4, -0.2) is 29.0 Å². The molecule has 0 saturated carbocycles. The summed E-state index contributed by atoms with van der Waals surface area (Å²) in [5.74, 6) is -0.469. The van der Waals surface area contributed by atoms with Gasteiger partial charge in [-0.1, -0.05) is 17.7 Å². The first-order valence-corrected chi connectivity index (χ1v) is 8.23. The number of halogens is 2. The number of pyridine rings is 2. The Bertz CT molecular complexity index is 685. The summed E-state index contributed by atoms with van der Waals surface area (Å²) >= 11 is 6.05. The summed E-state index contributed by atoms with van der Waals surface area (Å²) in [6.45, 7) is 1.65. The Hall–Kier alpha value is -2.21. The second kappa shape index (κ2) is 7.57. The molecule has 0 aromatic carbocycles. The molecule has 0 aliphatic carbocycles. The molecule has 0 spiro atoms. The minimum absolute atomic E-state index is 0.0276. The molecule has 1 saturated heterocycles. The van der Waals surface area contributed by atoms with Crippen molar-refractivity contribution in [3.05, 3.63) is 53.3 Å². The van der Waals surface area contributed by atoms with Gasteiger partial charge in [0.15, 0.2) is 5.82 Å². The molecule has 1 amide bonds. The van der Waals surface area contributed by atoms with Crippen molar-refractivity contribution in [2.75, 3.05) is 18.0 Å². The number of hydrogen-bond donors (Lipinski definition) is 1. The van der Waals surface area contributed by atoms with Crippen LogP contribution in [0.4, 0.5) is 10.1 Å². The zero-order valence-electron chi connectivity index (χ0n) is 13.1. The van der Waals surface area contributed by atoms with E-state index >= 15 is 0 Å². The predicted molar refractivity (Wildman–Crippen MR) is 90.2 cm³/mol. The highest BCUT2D eigenvalue weighted by Gasteiger charge is 2.27. The number of nitrogens with one attached hydrogen (secondary N) is 1. The lowest BCUT2D eigenvalue weighted by molar-refractivity contribution is -0.125. The summed E-state index contributed by atoms with van der Waals surface area (Å²) in [5, 5.41) is 3.24. The summed E-state index contributed by atoms with van der Waals surface area (Å²) in [6.07, 6.45) is 7.36. The maximum absolute atomic E-state index is 13.9. The van der Waals surface area contributed by atoms with E-state index in [0.29, 0.717) is 43.2 Å². The molecule has 7 heteroatoms. The molecule has 5 nitrogen and oxygen atoms in total. The first-order valence-electron chi connectivity index (χ1n) is 7.85. The predicted octanol–water partition coefficient (Wildman–Crippen LogP) is 2.80. The van der Waals surface area contributed by atoms with Gasteiger partial charge >= 0.3 is 0 Å². The number of anilines is 1. The molecule has 24 heavy (non-hydrogen) atoms. The van der Waals surface area contributed by atoms with Crippen molar-refractivity contribution in [3.63, 3.8) is 0 Å². The van der Waals surface area contributed by atoms with Gasteiger partial charge in [0.2, 0.25) is 5.91 Å². The van der Waals surface area contributed by atoms with Crippen LogP contribution in [0, 0.1) is 11.7 Å². The molecule has 3 rings (SSSR count). The largest absolute Gasteiger partial charge is 0.368 e. The molecule has 1 aliphatic heterocycles. The molecule has 0 radical (unpaired) electrons. The van der Waals surface area contributed by atoms with Crippen LogP contribution in [0.3, 0.4) is 0 Å². The number of carbonyl (C=O) groups excluding carboxylic acids is 1. The molecular weight excluding hydrogens is 331 g/mol. The Morgan fingerprint density at radius 3 is 2.75 bits per heavy atom. The van der Waals surface area contributed by atoms with E-state index in [1.165, 1.54) is 6.20 Å². The second-order valence-electron chi connectivity index (χ2n) is 5.79. The van der Waals surface area contributed by atoms with E-state index in [4.69, 9.17) is 11.6 Å². The summed E-state index contributed by atoms with van der Waals surface area (Å²) in [7, 11) is 0. The van der Waals surface area contributed by atoms with E-state index in [-0.39, 0.29) is 11.8 Å². The topological polar surface area (TPSA) is 58.1 Å². The third kappa shape index (κ3) is 3.82. The molecule has 2 aromatic rings. The molecule has 126 valence electrons. The average Bonchev–Trinajstić information content (AvgIpc) is 2.61. The molecule has 1 aliphatic rings. The van der Waals surface area contributed by atoms with Crippen molar-refractivity contribution in [1.82, 2.24) is 15.3 Å². The van der Waals surface area contributed by atoms with Crippen LogP contribution in [0.2, 0.25) is 5.02 Å². The van der Waals surface area contributed by atoms with E-state index in [2.05, 4.69) is 15.3 Å². The normalized spacial score (nSPS) is 15.3. The third-order valence-corrected chi connectivity index (χ3v) is 4.48. The Kier molecular flexibility index (Phi) is 5.25. The molecule has 0 atom stereocenters. The monoisotopic (exact) mass is 348 g/mol. The average molecular weight is 349 g/mol. The fraction of sp³-hybridized carbons (Fsp3) is 0.353. The fourth-order valence-corrected chi connectivity index (χ4v) is 3.17. The van der Waals surface area contributed by atoms with Crippen molar-refractivity contribution < 1.29 is 9.18 Å². The summed E-state index contributed by atoms with van der Waals surface area (Å²) < 4.78 is 13.9. The molecule has 1 fully saturated rings. The zero-order valence-corrected chi connectivity index (χ0v) is 13.8. The Morgan fingerprint density at radius 2 is 2.08 bits per heavy atom. The Morgan fingerprint density at radius 1 is 1.29 bits per heavy atom. The number of nitrogens with zero attached hydrogens (tertiary/aromatic N) is 3. The van der Waals surface area contributed by atoms with Gasteiger partial charge in [0.25, 0.3) is 0 Å². The highest BCUT2D eigenvalue weighted by Crippen LogP contribution is 2.31. The van der Waals surface area contributed by atoms with Gasteiger partial charge < -0.3 is 10.2 Å². The zero-order chi connectivity index (χ0) is 16.9. The quantitative estimate of drug-likeness (QED) is 0.923. The summed E-state index contributed by atoms with van der Waals surface area (Å²) in [4.78, 5) is 21.9. The van der Waals surface area contributed by atoms with Gasteiger partial charge in [-0.15, -0.1) is 0 Å². The van der Waals surface area contributed by atoms with E-state index in [1.54, 1.807) is 12.4 Å². The summed E-state index contributed by atoms with van der Waals surface area (Å²) in [6, 6.07) is 3.76. The van der Waals surface area contributed by atoms with Crippen LogP contribution >= 0.6 is 11.6 Å². The summed E-state index contributed by atoms with van der Waals surface area (Å²) in [5.41, 5.74) is 1.34. The van der Waals surface area contributed by atoms with Gasteiger partial charge in [-0.25, -0.2) is 4.39 Å². The Labute approximate surface area is 144 Å². The molecule has 3 heterocycles. The molecule has 0 bridgehead atoms. The van der Waals surface area contributed by atoms with Crippen LogP contribution in [-0.2, 0) is 11.3 Å². The van der Waals surface area contributed by atoms with Crippen LogP contribution in [0.15, 0.2) is 36.9 Å². The lowest BCUT2D eigenvalue weighted by Gasteiger charge is -2.33. The maximum atomic E-state index is 13.9. The highest BCUT2D eigenvalue weighted by atomic mass is 35.5. The third-order valence-electron chi connectivity index (χ3n) is 4.20. The fourth-order valence-electron chi connectivity index (χ4n) is 2.91. The Balaban J connectivity index is 1.54. The van der Waals surface area contributed by atoms with Gasteiger partial charge in [-0.2, -0.15) is 0 Å². The van der Waals surface area contributed by atoms with Crippen LogP contribution in [0.25, 0.3) is 0 Å². The lowest BCUT2D eigenvalue weighted by atomic mass is 9.95. The minimum atomic E-state index is -0.429. The van der Waals surface area contributed by atoms with Gasteiger partial charge in [0, 0.05) is 44.1 Å². The van der Waals surface area contributed by atoms with Crippen molar-refractivity contribution >= 4 is 23.2 Å². The van der Waals surface area contributed by atoms with Crippen LogP contribution in [0.5, 0.6) is 0 Å². The van der Waals surface area contributed by atoms with E-state index in [0.717, 1.165) is 11.8 Å². The number of piperidine rings is 1. The van der Waals surface area contributed by atoms with E-state index < -0.39 is 5.82 Å². The minimum Gasteiger partial charge on any atom is -0.368 e. The van der Waals surface area contributed by atoms with Crippen LogP contribution in [0.1, 0.15) is 18.4 Å². The van der Waals surface area contributed by atoms with Crippen molar-refractivity contribution in [1.29, 1.82) is 0 Å². The van der Waals surface area contributed by atoms with Gasteiger partial charge in [0.05, 0.1) is 16.9 Å². The molecule has 0 unspecified atom stereocenters. The molecule has 1 N–H and O–H groups in total. The van der Waals surface area contributed by atoms with Crippen molar-refractivity contribution in [2.24, 2.45) is 5.92 Å². The van der Waals surface area contributed by atoms with Gasteiger partial charge in [0.1, 0.15) is 0 Å². The molecular formula is C17H18ClFN4O. The van der Waals surface area contributed by atoms with Gasteiger partial charge in [-0.3, -0.25) is 14.8 Å². The first kappa shape index (κ1) is 16.6. The lowest BCUT2D eigenvalue weighted by Crippen LogP contribution is -2.40. The number of hydrogen-bond acceptors (Lipinski definition) is 4. The number of rotatable bonds is 4. The first-order chi connectivity index (χ1) is 11.6. The maximum Gasteiger partial charge on any atom is 0.223 e. The second-order valence-corrected chi connectivity index (χ2v) is 6.20. The van der Waals surface area contributed by atoms with E-state index in [9.17, 15) is 9.18 Å². The SMILES string of the molecule is O=C(NCc1cccnc1)C1CCN(c2c(F)cncc2Cl)CC1. The number of aromatic nitrogens is 2. The van der Waals surface area contributed by atoms with Crippen LogP contribution < -0.4 is 10.2 Å². The van der Waals surface area contributed by atoms with Gasteiger partial charge in [-0.05, 0) is 24.5 Å². The van der Waals surface area contributed by atoms with Crippen molar-refractivity contribution in [3.8, 4) is 0 Å². The standard InChI is InChI=1S/C17H18ClFN4O/c18-14-10-21-11-15(19)16(14)23-6-3-13(4-7-23)17(24)22-9-12-2-1-5-20-8-12/h1-2,5,8,10-11,13H,3-4,6-7,9H2,(H,22,24). The van der Waals surface area contributed by atoms with Crippen molar-refractivity contribution in [2.45, 2.75) is 19.4 Å². The van der Waals surface area contributed by atoms with E-state index in [1.807, 2.05) is 17.0 Å². The smallest absolute Gasteiger partial charge is 0.223 e. The molecule has 2 aromatic heterocycles.